The first kappa shape index (κ1) is 31.9. The first-order chi connectivity index (χ1) is 19.4. The molecule has 1 heterocycles. The van der Waals surface area contributed by atoms with Crippen LogP contribution in [0.15, 0.2) is 55.3 Å². The first-order valence-electron chi connectivity index (χ1n) is 12.6. The SMILES string of the molecule is C=CC(=O)Nc1cc(Nc2ncc(Cl)c(Nc3ccccc3P(C)(C)=O)n2)c(OC)cc1O[C@@H](COC)CN(C)C. The molecule has 3 rings (SSSR count). The van der Waals surface area contributed by atoms with E-state index in [1.807, 2.05) is 37.2 Å². The number of nitrogens with zero attached hydrogens (tertiary/aromatic N) is 3. The molecule has 41 heavy (non-hydrogen) atoms. The number of hydrogen-bond acceptors (Lipinski definition) is 10. The summed E-state index contributed by atoms with van der Waals surface area (Å²) in [5, 5.41) is 10.0. The lowest BCUT2D eigenvalue weighted by Gasteiger charge is -2.24. The average molecular weight is 603 g/mol. The van der Waals surface area contributed by atoms with E-state index in [-0.39, 0.29) is 17.1 Å². The second-order valence-corrected chi connectivity index (χ2v) is 13.3. The predicted molar refractivity (Wildman–Crippen MR) is 166 cm³/mol. The molecule has 3 aromatic rings. The van der Waals surface area contributed by atoms with Crippen molar-refractivity contribution in [3.05, 3.63) is 60.3 Å². The molecule has 0 saturated carbocycles. The lowest BCUT2D eigenvalue weighted by Crippen LogP contribution is -2.34. The maximum absolute atomic E-state index is 12.8. The Morgan fingerprint density at radius 2 is 1.85 bits per heavy atom. The number of aromatic nitrogens is 2. The number of halogens is 1. The molecule has 0 aliphatic rings. The van der Waals surface area contributed by atoms with Crippen LogP contribution in [0.3, 0.4) is 0 Å². The van der Waals surface area contributed by atoms with Crippen molar-refractivity contribution in [2.75, 3.05) is 70.7 Å². The molecule has 220 valence electrons. The van der Waals surface area contributed by atoms with Gasteiger partial charge in [0.1, 0.15) is 29.8 Å². The molecule has 0 saturated heterocycles. The monoisotopic (exact) mass is 602 g/mol. The Morgan fingerprint density at radius 1 is 1.12 bits per heavy atom. The van der Waals surface area contributed by atoms with Crippen LogP contribution in [0.1, 0.15) is 0 Å². The average Bonchev–Trinajstić information content (AvgIpc) is 2.91. The summed E-state index contributed by atoms with van der Waals surface area (Å²) in [5.74, 6) is 0.887. The minimum Gasteiger partial charge on any atom is -0.494 e. The van der Waals surface area contributed by atoms with E-state index in [0.29, 0.717) is 52.8 Å². The molecule has 0 radical (unpaired) electrons. The highest BCUT2D eigenvalue weighted by atomic mass is 35.5. The van der Waals surface area contributed by atoms with Gasteiger partial charge in [-0.3, -0.25) is 4.79 Å². The normalized spacial score (nSPS) is 12.0. The number of rotatable bonds is 14. The van der Waals surface area contributed by atoms with Crippen LogP contribution in [0.4, 0.5) is 28.8 Å². The molecule has 0 unspecified atom stereocenters. The third kappa shape index (κ3) is 8.93. The quantitative estimate of drug-likeness (QED) is 0.172. The van der Waals surface area contributed by atoms with E-state index < -0.39 is 13.0 Å². The van der Waals surface area contributed by atoms with Crippen LogP contribution in [0, 0.1) is 0 Å². The molecule has 0 fully saturated rings. The maximum Gasteiger partial charge on any atom is 0.247 e. The number of hydrogen-bond donors (Lipinski definition) is 3. The fourth-order valence-electron chi connectivity index (χ4n) is 3.92. The highest BCUT2D eigenvalue weighted by molar-refractivity contribution is 7.70. The zero-order valence-electron chi connectivity index (χ0n) is 24.0. The number of carbonyl (C=O) groups excluding carboxylic acids is 1. The summed E-state index contributed by atoms with van der Waals surface area (Å²) >= 11 is 6.41. The van der Waals surface area contributed by atoms with Crippen LogP contribution in [0.2, 0.25) is 5.02 Å². The number of nitrogens with one attached hydrogen (secondary N) is 3. The topological polar surface area (TPSA) is 127 Å². The Balaban J connectivity index is 1.99. The van der Waals surface area contributed by atoms with Crippen molar-refractivity contribution in [1.82, 2.24) is 14.9 Å². The van der Waals surface area contributed by atoms with Crippen molar-refractivity contribution >= 4 is 58.8 Å². The van der Waals surface area contributed by atoms with E-state index >= 15 is 0 Å². The number of anilines is 5. The molecule has 2 aromatic carbocycles. The summed E-state index contributed by atoms with van der Waals surface area (Å²) < 4.78 is 30.0. The number of amides is 1. The van der Waals surface area contributed by atoms with Crippen molar-refractivity contribution in [3.63, 3.8) is 0 Å². The second kappa shape index (κ2) is 14.3. The van der Waals surface area contributed by atoms with E-state index in [4.69, 9.17) is 25.8 Å². The minimum atomic E-state index is -2.58. The van der Waals surface area contributed by atoms with Crippen molar-refractivity contribution in [2.45, 2.75) is 6.10 Å². The van der Waals surface area contributed by atoms with Crippen molar-refractivity contribution < 1.29 is 23.6 Å². The van der Waals surface area contributed by atoms with Crippen LogP contribution in [0.25, 0.3) is 0 Å². The number of methoxy groups -OCH3 is 2. The van der Waals surface area contributed by atoms with Gasteiger partial charge >= 0.3 is 0 Å². The van der Waals surface area contributed by atoms with Crippen molar-refractivity contribution in [2.24, 2.45) is 0 Å². The second-order valence-electron chi connectivity index (χ2n) is 9.71. The van der Waals surface area contributed by atoms with Gasteiger partial charge in [-0.1, -0.05) is 30.3 Å². The van der Waals surface area contributed by atoms with Gasteiger partial charge in [-0.2, -0.15) is 4.98 Å². The van der Waals surface area contributed by atoms with E-state index in [1.54, 1.807) is 38.6 Å². The third-order valence-corrected chi connectivity index (χ3v) is 7.51. The Hall–Kier alpha value is -3.63. The molecule has 1 aromatic heterocycles. The minimum absolute atomic E-state index is 0.198. The Bertz CT molecular complexity index is 1430. The summed E-state index contributed by atoms with van der Waals surface area (Å²) in [4.78, 5) is 23.1. The van der Waals surface area contributed by atoms with Crippen LogP contribution in [-0.2, 0) is 14.1 Å². The van der Waals surface area contributed by atoms with Crippen LogP contribution >= 0.6 is 18.7 Å². The van der Waals surface area contributed by atoms with Crippen molar-refractivity contribution in [1.29, 1.82) is 0 Å². The standard InChI is InChI=1S/C28H36ClN6O5P/c1-8-26(36)31-22-13-21(23(39-5)14-24(22)40-18(17-38-4)16-35(2)3)33-28-30-15-19(29)27(34-28)32-20-11-9-10-12-25(20)41(6,7)37/h8-15,18H,1,16-17H2,2-7H3,(H,31,36)(H2,30,32,33,34)/t18-/m1/s1. The molecule has 11 nitrogen and oxygen atoms in total. The van der Waals surface area contributed by atoms with Gasteiger partial charge in [0.05, 0.1) is 37.0 Å². The van der Waals surface area contributed by atoms with Gasteiger partial charge in [-0.15, -0.1) is 0 Å². The number of ether oxygens (including phenoxy) is 3. The fourth-order valence-corrected chi connectivity index (χ4v) is 5.21. The van der Waals surface area contributed by atoms with Gasteiger partial charge in [0, 0.05) is 25.0 Å². The summed E-state index contributed by atoms with van der Waals surface area (Å²) in [6.07, 6.45) is 2.28. The third-order valence-electron chi connectivity index (χ3n) is 5.69. The zero-order chi connectivity index (χ0) is 30.2. The maximum atomic E-state index is 12.8. The summed E-state index contributed by atoms with van der Waals surface area (Å²) in [5.41, 5.74) is 1.46. The number of likely N-dealkylation sites (N-methyl/N-ethyl adjacent to an activating group) is 1. The van der Waals surface area contributed by atoms with Gasteiger partial charge in [-0.25, -0.2) is 4.98 Å². The first-order valence-corrected chi connectivity index (χ1v) is 15.6. The van der Waals surface area contributed by atoms with E-state index in [0.717, 1.165) is 6.08 Å². The summed E-state index contributed by atoms with van der Waals surface area (Å²) in [6.45, 7) is 7.84. The molecule has 1 atom stereocenters. The lowest BCUT2D eigenvalue weighted by atomic mass is 10.2. The number of benzene rings is 2. The molecule has 0 aliphatic heterocycles. The van der Waals surface area contributed by atoms with E-state index in [9.17, 15) is 9.36 Å². The highest BCUT2D eigenvalue weighted by Crippen LogP contribution is 2.40. The largest absolute Gasteiger partial charge is 0.494 e. The molecule has 0 bridgehead atoms. The van der Waals surface area contributed by atoms with Gasteiger partial charge in [0.2, 0.25) is 11.9 Å². The fraction of sp³-hybridized carbons (Fsp3) is 0.321. The predicted octanol–water partition coefficient (Wildman–Crippen LogP) is 4.95. The summed E-state index contributed by atoms with van der Waals surface area (Å²) in [7, 11) is 4.38. The Kier molecular flexibility index (Phi) is 11.1. The number of para-hydroxylation sites is 1. The molecule has 1 amide bonds. The van der Waals surface area contributed by atoms with Crippen LogP contribution in [-0.4, -0.2) is 81.7 Å². The van der Waals surface area contributed by atoms with Crippen molar-refractivity contribution in [3.8, 4) is 11.5 Å². The molecular formula is C28H36ClN6O5P. The lowest BCUT2D eigenvalue weighted by molar-refractivity contribution is -0.111. The molecular weight excluding hydrogens is 567 g/mol. The van der Waals surface area contributed by atoms with Gasteiger partial charge in [0.15, 0.2) is 5.82 Å². The van der Waals surface area contributed by atoms with Gasteiger partial charge in [0.25, 0.3) is 0 Å². The summed E-state index contributed by atoms with van der Waals surface area (Å²) in [6, 6.07) is 10.6. The molecule has 13 heteroatoms. The van der Waals surface area contributed by atoms with E-state index in [2.05, 4.69) is 32.5 Å². The highest BCUT2D eigenvalue weighted by Gasteiger charge is 2.20. The molecule has 3 N–H and O–H groups in total. The Labute approximate surface area is 245 Å². The molecule has 0 aliphatic carbocycles. The van der Waals surface area contributed by atoms with Crippen LogP contribution in [0.5, 0.6) is 11.5 Å². The van der Waals surface area contributed by atoms with Gasteiger partial charge < -0.3 is 39.6 Å². The smallest absolute Gasteiger partial charge is 0.247 e. The van der Waals surface area contributed by atoms with Crippen LogP contribution < -0.4 is 30.7 Å². The molecule has 0 spiro atoms. The number of carbonyl (C=O) groups is 1. The zero-order valence-corrected chi connectivity index (χ0v) is 25.7. The Morgan fingerprint density at radius 3 is 2.49 bits per heavy atom. The van der Waals surface area contributed by atoms with Gasteiger partial charge in [-0.05, 0) is 51.7 Å². The van der Waals surface area contributed by atoms with E-state index in [1.165, 1.54) is 13.3 Å².